The van der Waals surface area contributed by atoms with Crippen LogP contribution in [0.2, 0.25) is 0 Å². The summed E-state index contributed by atoms with van der Waals surface area (Å²) in [4.78, 5) is 25.2. The van der Waals surface area contributed by atoms with E-state index in [1.807, 2.05) is 0 Å². The average Bonchev–Trinajstić information content (AvgIpc) is 1.45. The molecule has 0 aliphatic heterocycles. The lowest BCUT2D eigenvalue weighted by Gasteiger charge is -2.18. The molecule has 6 aromatic heterocycles. The molecule has 0 saturated carbocycles. The zero-order valence-corrected chi connectivity index (χ0v) is 50.8. The molecule has 468 valence electrons. The number of hydrogen-bond acceptors (Lipinski definition) is 24. The Hall–Kier alpha value is -13.4. The van der Waals surface area contributed by atoms with Crippen molar-refractivity contribution >= 4 is 68.2 Å². The van der Waals surface area contributed by atoms with Crippen molar-refractivity contribution in [2.24, 2.45) is 61.4 Å². The highest BCUT2D eigenvalue weighted by Crippen LogP contribution is 2.45. The number of azo groups is 6. The van der Waals surface area contributed by atoms with E-state index >= 15 is 0 Å². The lowest BCUT2D eigenvalue weighted by Crippen LogP contribution is -2.01. The molecule has 0 radical (unpaired) electrons. The van der Waals surface area contributed by atoms with Gasteiger partial charge < -0.3 is 30.6 Å². The third-order valence-corrected chi connectivity index (χ3v) is 15.4. The summed E-state index contributed by atoms with van der Waals surface area (Å²) in [7, 11) is 0. The summed E-state index contributed by atoms with van der Waals surface area (Å²) in [5.74, 6) is -1.21. The summed E-state index contributed by atoms with van der Waals surface area (Å²) in [6.07, 6.45) is 18.1. The Bertz CT molecular complexity index is 4060. The van der Waals surface area contributed by atoms with Crippen molar-refractivity contribution in [2.45, 2.75) is 38.5 Å². The summed E-state index contributed by atoms with van der Waals surface area (Å²) in [5, 5.41) is 131. The monoisotopic (exact) mass is 1270 g/mol. The van der Waals surface area contributed by atoms with Crippen molar-refractivity contribution in [2.75, 3.05) is 0 Å². The van der Waals surface area contributed by atoms with Gasteiger partial charge in [-0.2, -0.15) is 30.7 Å². The molecule has 24 nitrogen and oxygen atoms in total. The molecule has 12 aromatic rings. The topological polar surface area (TPSA) is 347 Å². The largest absolute Gasteiger partial charge is 0.507 e. The Morgan fingerprint density at radius 2 is 0.312 bits per heavy atom. The highest BCUT2D eigenvalue weighted by molar-refractivity contribution is 5.66. The Kier molecular flexibility index (Phi) is 18.2. The first-order chi connectivity index (χ1) is 47.0. The van der Waals surface area contributed by atoms with E-state index in [9.17, 15) is 30.6 Å². The Labute approximate surface area is 547 Å². The summed E-state index contributed by atoms with van der Waals surface area (Å²) in [6.45, 7) is 0. The zero-order valence-electron chi connectivity index (χ0n) is 50.8. The van der Waals surface area contributed by atoms with Gasteiger partial charge in [0, 0.05) is 142 Å². The number of pyridine rings is 6. The molecule has 1 aliphatic rings. The number of rotatable bonds is 12. The number of benzene rings is 6. The van der Waals surface area contributed by atoms with E-state index in [1.165, 1.54) is 0 Å². The van der Waals surface area contributed by atoms with Crippen LogP contribution in [-0.2, 0) is 38.5 Å². The highest BCUT2D eigenvalue weighted by Gasteiger charge is 2.24. The molecule has 0 saturated heterocycles. The van der Waals surface area contributed by atoms with E-state index in [1.54, 1.807) is 220 Å². The lowest BCUT2D eigenvalue weighted by atomic mass is 9.90. The first-order valence-corrected chi connectivity index (χ1v) is 30.0. The number of hydrogen-bond donors (Lipinski definition) is 6. The Morgan fingerprint density at radius 1 is 0.188 bits per heavy atom. The van der Waals surface area contributed by atoms with E-state index < -0.39 is 0 Å². The normalized spacial score (nSPS) is 12.8. The molecule has 6 N–H and O–H groups in total. The van der Waals surface area contributed by atoms with E-state index in [4.69, 9.17) is 0 Å². The maximum atomic E-state index is 12.7. The maximum absolute atomic E-state index is 12.7. The summed E-state index contributed by atoms with van der Waals surface area (Å²) < 4.78 is 0. The SMILES string of the molecule is Oc1c2cc(N=Nc3cccnc3)cc1Cc1cc(N=Nc3cccnc3)cc(c1O)Cc1cc(N=Nc3cccnc3)cc(c1O)Cc1cc(N=Nc3cccnc3)cc(c1O)Cc1cc(N=Nc3cccnc3)cc(c1O)Cc1cc(N=Nc3cccnc3)cc(c1O)C2. The maximum Gasteiger partial charge on any atom is 0.122 e. The molecular weight excluding hydrogens is 1210 g/mol. The number of fused-ring (bicyclic) bond motifs is 12. The van der Waals surface area contributed by atoms with Gasteiger partial charge in [-0.25, -0.2) is 0 Å². The predicted molar refractivity (Wildman–Crippen MR) is 356 cm³/mol. The molecule has 96 heavy (non-hydrogen) atoms. The molecule has 24 heteroatoms. The molecule has 1 aliphatic carbocycles. The van der Waals surface area contributed by atoms with Crippen molar-refractivity contribution in [3.8, 4) is 34.5 Å². The van der Waals surface area contributed by atoms with Gasteiger partial charge in [-0.15, -0.1) is 30.7 Å². The van der Waals surface area contributed by atoms with Gasteiger partial charge in [0.15, 0.2) is 0 Å². The van der Waals surface area contributed by atoms with Gasteiger partial charge in [0.05, 0.1) is 71.3 Å². The molecule has 0 amide bonds. The number of aromatic nitrogens is 6. The molecular formula is C72H54N18O6. The first kappa shape index (κ1) is 61.5. The van der Waals surface area contributed by atoms with Crippen LogP contribution < -0.4 is 0 Å². The van der Waals surface area contributed by atoms with Crippen LogP contribution >= 0.6 is 0 Å². The fraction of sp³-hybridized carbons (Fsp3) is 0.0833. The van der Waals surface area contributed by atoms with Crippen molar-refractivity contribution in [1.29, 1.82) is 0 Å². The fourth-order valence-electron chi connectivity index (χ4n) is 10.8. The smallest absolute Gasteiger partial charge is 0.122 e. The number of phenols is 6. The van der Waals surface area contributed by atoms with Crippen LogP contribution in [0.3, 0.4) is 0 Å². The molecule has 12 bridgehead atoms. The summed E-state index contributed by atoms with van der Waals surface area (Å²) >= 11 is 0. The van der Waals surface area contributed by atoms with Gasteiger partial charge in [-0.05, 0) is 146 Å². The van der Waals surface area contributed by atoms with Crippen molar-refractivity contribution in [3.05, 3.63) is 287 Å². The van der Waals surface area contributed by atoms with Crippen LogP contribution in [0.4, 0.5) is 68.2 Å². The minimum atomic E-state index is -0.201. The van der Waals surface area contributed by atoms with Gasteiger partial charge >= 0.3 is 0 Å². The van der Waals surface area contributed by atoms with Gasteiger partial charge in [0.2, 0.25) is 0 Å². The van der Waals surface area contributed by atoms with Crippen LogP contribution in [0.15, 0.2) is 281 Å². The quantitative estimate of drug-likeness (QED) is 0.0622. The highest BCUT2D eigenvalue weighted by atomic mass is 16.3. The van der Waals surface area contributed by atoms with Crippen molar-refractivity contribution in [1.82, 2.24) is 29.9 Å². The molecule has 6 heterocycles. The Morgan fingerprint density at radius 3 is 0.427 bits per heavy atom. The van der Waals surface area contributed by atoms with Crippen LogP contribution in [0.25, 0.3) is 0 Å². The van der Waals surface area contributed by atoms with Crippen LogP contribution in [0.1, 0.15) is 66.8 Å². The second-order valence-corrected chi connectivity index (χ2v) is 22.2. The average molecular weight is 1270 g/mol. The third kappa shape index (κ3) is 15.0. The van der Waals surface area contributed by atoms with Crippen LogP contribution in [0, 0.1) is 0 Å². The molecule has 0 spiro atoms. The van der Waals surface area contributed by atoms with Crippen molar-refractivity contribution < 1.29 is 30.6 Å². The van der Waals surface area contributed by atoms with E-state index in [2.05, 4.69) is 91.3 Å². The number of aromatic hydroxyl groups is 6. The standard InChI is InChI=1S/C72H54N18O6/c91-67-43-19-45-27-62(86-80-56-8-2-14-74-38-56)29-47(68(45)92)21-49-31-64(88-82-58-10-4-16-76-40-58)33-51(70(49)94)23-53-35-66(90-84-60-12-6-18-78-42-60)36-54(72(53)96)24-52-34-65(89-83-59-11-5-17-77-41-59)32-50(71(52)95)22-48-30-63(87-81-57-9-3-15-75-39-57)28-46(69(48)93)20-44(67)26-61(25-43)85-79-55-7-1-13-73-37-55/h1-18,25-42,91-96H,19-24H2. The minimum absolute atomic E-state index is 0.135. The molecule has 0 fully saturated rings. The third-order valence-electron chi connectivity index (χ3n) is 15.4. The van der Waals surface area contributed by atoms with Gasteiger partial charge in [0.1, 0.15) is 68.6 Å². The number of phenolic OH excluding ortho intramolecular Hbond substituents is 6. The van der Waals surface area contributed by atoms with Crippen LogP contribution in [0.5, 0.6) is 34.5 Å². The van der Waals surface area contributed by atoms with Crippen molar-refractivity contribution in [3.63, 3.8) is 0 Å². The zero-order chi connectivity index (χ0) is 65.7. The lowest BCUT2D eigenvalue weighted by molar-refractivity contribution is 0.451. The van der Waals surface area contributed by atoms with E-state index in [0.717, 1.165) is 0 Å². The first-order valence-electron chi connectivity index (χ1n) is 30.0. The van der Waals surface area contributed by atoms with E-state index in [0.29, 0.717) is 68.2 Å². The molecule has 6 aromatic carbocycles. The summed E-state index contributed by atoms with van der Waals surface area (Å²) in [6, 6.07) is 40.4. The van der Waals surface area contributed by atoms with Gasteiger partial charge in [-0.1, -0.05) is 0 Å². The molecule has 0 atom stereocenters. The number of nitrogens with zero attached hydrogens (tertiary/aromatic N) is 18. The minimum Gasteiger partial charge on any atom is -0.507 e. The van der Waals surface area contributed by atoms with Gasteiger partial charge in [-0.3, -0.25) is 29.9 Å². The molecule has 0 unspecified atom stereocenters. The van der Waals surface area contributed by atoms with Gasteiger partial charge in [0.25, 0.3) is 0 Å². The van der Waals surface area contributed by atoms with Crippen LogP contribution in [-0.4, -0.2) is 60.5 Å². The van der Waals surface area contributed by atoms with E-state index in [-0.39, 0.29) is 140 Å². The second-order valence-electron chi connectivity index (χ2n) is 22.2. The predicted octanol–water partition coefficient (Wildman–Crippen LogP) is 18.6. The second kappa shape index (κ2) is 28.4. The fourth-order valence-corrected chi connectivity index (χ4v) is 10.8. The molecule has 13 rings (SSSR count). The Balaban J connectivity index is 1.04. The summed E-state index contributed by atoms with van der Waals surface area (Å²) in [5.41, 5.74) is 7.93.